The average Bonchev–Trinajstić information content (AvgIpc) is 2.74. The molecule has 1 aromatic carbocycles. The quantitative estimate of drug-likeness (QED) is 0.236. The molecular formula is C21H34N6O4. The summed E-state index contributed by atoms with van der Waals surface area (Å²) in [6.07, 6.45) is 0. The first-order chi connectivity index (χ1) is 14.8. The lowest BCUT2D eigenvalue weighted by molar-refractivity contribution is -0.117. The van der Waals surface area contributed by atoms with Gasteiger partial charge >= 0.3 is 0 Å². The number of hydrogen-bond donors (Lipinski definition) is 5. The van der Waals surface area contributed by atoms with E-state index in [0.29, 0.717) is 50.9 Å². The lowest BCUT2D eigenvalue weighted by Crippen LogP contribution is -2.52. The molecule has 0 aliphatic carbocycles. The highest BCUT2D eigenvalue weighted by Crippen LogP contribution is 2.08. The van der Waals surface area contributed by atoms with E-state index in [2.05, 4.69) is 25.8 Å². The first kappa shape index (κ1) is 24.6. The molecule has 1 aliphatic heterocycles. The van der Waals surface area contributed by atoms with E-state index in [4.69, 9.17) is 10.5 Å². The molecule has 6 N–H and O–H groups in total. The molecule has 1 aliphatic rings. The zero-order chi connectivity index (χ0) is 22.7. The minimum Gasteiger partial charge on any atom is -0.387 e. The van der Waals surface area contributed by atoms with E-state index in [9.17, 15) is 14.7 Å². The molecule has 1 heterocycles. The van der Waals surface area contributed by atoms with E-state index in [1.54, 1.807) is 31.2 Å². The van der Waals surface area contributed by atoms with Gasteiger partial charge in [0, 0.05) is 38.3 Å². The minimum absolute atomic E-state index is 0.197. The van der Waals surface area contributed by atoms with Crippen molar-refractivity contribution in [3.8, 4) is 0 Å². The third-order valence-corrected chi connectivity index (χ3v) is 4.71. The summed E-state index contributed by atoms with van der Waals surface area (Å²) in [6, 6.07) is 6.96. The fourth-order valence-corrected chi connectivity index (χ4v) is 3.11. The molecule has 10 heteroatoms. The van der Waals surface area contributed by atoms with Gasteiger partial charge in [-0.1, -0.05) is 12.1 Å². The fraction of sp³-hybridized carbons (Fsp3) is 0.571. The molecule has 1 aromatic rings. The monoisotopic (exact) mass is 434 g/mol. The van der Waals surface area contributed by atoms with Crippen LogP contribution in [-0.4, -0.2) is 85.9 Å². The standard InChI is InChI=1S/C21H34N6O4/c1-3-23-20(26-14-21(2,30)15-27-8-10-31-11-9-27)25-12-16-4-6-17(7-5-16)19(29)24-13-18(22)28/h4-7,30H,3,8-15H2,1-2H3,(H2,22,28)(H,24,29)(H2,23,25,26). The Labute approximate surface area is 183 Å². The van der Waals surface area contributed by atoms with Gasteiger partial charge < -0.3 is 31.5 Å². The second-order valence-electron chi connectivity index (χ2n) is 7.78. The van der Waals surface area contributed by atoms with Crippen molar-refractivity contribution in [1.82, 2.24) is 20.9 Å². The number of hydrogen-bond acceptors (Lipinski definition) is 6. The highest BCUT2D eigenvalue weighted by Gasteiger charge is 2.25. The number of guanidine groups is 1. The topological polar surface area (TPSA) is 141 Å². The van der Waals surface area contributed by atoms with Crippen molar-refractivity contribution in [1.29, 1.82) is 0 Å². The zero-order valence-electron chi connectivity index (χ0n) is 18.3. The van der Waals surface area contributed by atoms with Crippen molar-refractivity contribution >= 4 is 17.8 Å². The summed E-state index contributed by atoms with van der Waals surface area (Å²) in [6.45, 7) is 8.62. The molecule has 1 saturated heterocycles. The van der Waals surface area contributed by atoms with E-state index in [0.717, 1.165) is 18.7 Å². The van der Waals surface area contributed by atoms with Gasteiger partial charge in [-0.25, -0.2) is 4.99 Å². The van der Waals surface area contributed by atoms with Crippen LogP contribution < -0.4 is 21.7 Å². The maximum atomic E-state index is 11.9. The third kappa shape index (κ3) is 9.33. The van der Waals surface area contributed by atoms with Crippen molar-refractivity contribution < 1.29 is 19.4 Å². The molecule has 0 spiro atoms. The number of aliphatic imine (C=N–C) groups is 1. The molecule has 0 radical (unpaired) electrons. The van der Waals surface area contributed by atoms with E-state index >= 15 is 0 Å². The van der Waals surface area contributed by atoms with Crippen LogP contribution in [0, 0.1) is 0 Å². The molecule has 1 unspecified atom stereocenters. The molecule has 0 aromatic heterocycles. The summed E-state index contributed by atoms with van der Waals surface area (Å²) in [5, 5.41) is 19.6. The van der Waals surface area contributed by atoms with Crippen LogP contribution in [0.5, 0.6) is 0 Å². The second kappa shape index (κ2) is 12.2. The summed E-state index contributed by atoms with van der Waals surface area (Å²) in [5.74, 6) is -0.342. The molecule has 1 atom stereocenters. The van der Waals surface area contributed by atoms with Crippen LogP contribution in [0.4, 0.5) is 0 Å². The largest absolute Gasteiger partial charge is 0.387 e. The Morgan fingerprint density at radius 3 is 2.48 bits per heavy atom. The Hall–Kier alpha value is -2.69. The van der Waals surface area contributed by atoms with Crippen molar-refractivity contribution in [2.24, 2.45) is 10.7 Å². The normalized spacial score (nSPS) is 16.9. The Balaban J connectivity index is 1.88. The number of carbonyl (C=O) groups is 2. The van der Waals surface area contributed by atoms with Crippen molar-refractivity contribution in [2.75, 3.05) is 52.5 Å². The number of nitrogens with zero attached hydrogens (tertiary/aromatic N) is 2. The Kier molecular flexibility index (Phi) is 9.70. The highest BCUT2D eigenvalue weighted by atomic mass is 16.5. The summed E-state index contributed by atoms with van der Waals surface area (Å²) in [4.78, 5) is 29.4. The Morgan fingerprint density at radius 1 is 1.19 bits per heavy atom. The van der Waals surface area contributed by atoms with Gasteiger partial charge in [0.15, 0.2) is 5.96 Å². The van der Waals surface area contributed by atoms with Crippen molar-refractivity contribution in [2.45, 2.75) is 26.0 Å². The van der Waals surface area contributed by atoms with Crippen LogP contribution in [0.1, 0.15) is 29.8 Å². The van der Waals surface area contributed by atoms with Crippen LogP contribution in [0.15, 0.2) is 29.3 Å². The minimum atomic E-state index is -0.909. The highest BCUT2D eigenvalue weighted by molar-refractivity contribution is 5.96. The van der Waals surface area contributed by atoms with Crippen LogP contribution >= 0.6 is 0 Å². The van der Waals surface area contributed by atoms with Gasteiger partial charge in [-0.15, -0.1) is 0 Å². The number of nitrogens with two attached hydrogens (primary N) is 1. The number of carbonyl (C=O) groups excluding carboxylic acids is 2. The number of nitrogens with one attached hydrogen (secondary N) is 3. The number of benzene rings is 1. The lowest BCUT2D eigenvalue weighted by Gasteiger charge is -2.34. The van der Waals surface area contributed by atoms with Crippen molar-refractivity contribution in [3.05, 3.63) is 35.4 Å². The first-order valence-corrected chi connectivity index (χ1v) is 10.5. The molecule has 31 heavy (non-hydrogen) atoms. The molecule has 2 amide bonds. The van der Waals surface area contributed by atoms with Gasteiger partial charge in [0.2, 0.25) is 5.91 Å². The molecule has 0 saturated carbocycles. The van der Waals surface area contributed by atoms with Crippen LogP contribution in [0.25, 0.3) is 0 Å². The predicted molar refractivity (Wildman–Crippen MR) is 119 cm³/mol. The molecule has 1 fully saturated rings. The Morgan fingerprint density at radius 2 is 1.87 bits per heavy atom. The van der Waals surface area contributed by atoms with Crippen molar-refractivity contribution in [3.63, 3.8) is 0 Å². The number of morpholine rings is 1. The number of ether oxygens (including phenoxy) is 1. The van der Waals surface area contributed by atoms with Crippen LogP contribution in [-0.2, 0) is 16.1 Å². The number of amides is 2. The van der Waals surface area contributed by atoms with E-state index < -0.39 is 11.5 Å². The lowest BCUT2D eigenvalue weighted by atomic mass is 10.1. The second-order valence-corrected chi connectivity index (χ2v) is 7.78. The van der Waals surface area contributed by atoms with Gasteiger partial charge in [-0.2, -0.15) is 0 Å². The average molecular weight is 435 g/mol. The van der Waals surface area contributed by atoms with Gasteiger partial charge in [0.05, 0.1) is 31.9 Å². The van der Waals surface area contributed by atoms with Crippen LogP contribution in [0.2, 0.25) is 0 Å². The Bertz CT molecular complexity index is 745. The third-order valence-electron chi connectivity index (χ3n) is 4.71. The summed E-state index contributed by atoms with van der Waals surface area (Å²) in [7, 11) is 0. The number of primary amides is 1. The van der Waals surface area contributed by atoms with E-state index in [-0.39, 0.29) is 12.5 Å². The summed E-state index contributed by atoms with van der Waals surface area (Å²) in [5.41, 5.74) is 5.48. The van der Waals surface area contributed by atoms with Gasteiger partial charge in [0.1, 0.15) is 0 Å². The molecular weight excluding hydrogens is 400 g/mol. The van der Waals surface area contributed by atoms with Crippen LogP contribution in [0.3, 0.4) is 0 Å². The fourth-order valence-electron chi connectivity index (χ4n) is 3.11. The smallest absolute Gasteiger partial charge is 0.251 e. The molecule has 0 bridgehead atoms. The van der Waals surface area contributed by atoms with Gasteiger partial charge in [0.25, 0.3) is 5.91 Å². The number of β-amino-alcohol motifs (C(OH)–C–C–N with tert-alkyl or cyclic N) is 1. The number of rotatable bonds is 10. The summed E-state index contributed by atoms with van der Waals surface area (Å²) >= 11 is 0. The van der Waals surface area contributed by atoms with Gasteiger partial charge in [-0.3, -0.25) is 14.5 Å². The van der Waals surface area contributed by atoms with Gasteiger partial charge in [-0.05, 0) is 31.5 Å². The molecule has 172 valence electrons. The first-order valence-electron chi connectivity index (χ1n) is 10.5. The SMILES string of the molecule is CCNC(=NCc1ccc(C(=O)NCC(N)=O)cc1)NCC(C)(O)CN1CCOCC1. The predicted octanol–water partition coefficient (Wildman–Crippen LogP) is -0.960. The maximum absolute atomic E-state index is 11.9. The number of aliphatic hydroxyl groups is 1. The molecule has 10 nitrogen and oxygen atoms in total. The summed E-state index contributed by atoms with van der Waals surface area (Å²) < 4.78 is 5.35. The molecule has 2 rings (SSSR count). The van der Waals surface area contributed by atoms with E-state index in [1.807, 2.05) is 6.92 Å². The zero-order valence-corrected chi connectivity index (χ0v) is 18.3. The van der Waals surface area contributed by atoms with E-state index in [1.165, 1.54) is 0 Å². The maximum Gasteiger partial charge on any atom is 0.251 e.